The number of carbonyl (C=O) groups excluding carboxylic acids is 3. The summed E-state index contributed by atoms with van der Waals surface area (Å²) in [5.74, 6) is -1.07. The molecule has 318 valence electrons. The van der Waals surface area contributed by atoms with Gasteiger partial charge in [-0.2, -0.15) is 0 Å². The number of carbonyl (C=O) groups is 3. The zero-order valence-electron chi connectivity index (χ0n) is 34.9. The maximum absolute atomic E-state index is 15.3. The van der Waals surface area contributed by atoms with E-state index in [1.54, 1.807) is 21.8 Å². The quantitative estimate of drug-likeness (QED) is 0.0663. The highest BCUT2D eigenvalue weighted by molar-refractivity contribution is 6.71. The fraction of sp³-hybridized carbons (Fsp3) is 0.298. The Bertz CT molecular complexity index is 2810. The number of aromatic nitrogens is 5. The first-order valence-electron chi connectivity index (χ1n) is 21.1. The molecule has 0 unspecified atom stereocenters. The number of aliphatic hydroxyl groups is 1. The van der Waals surface area contributed by atoms with Crippen molar-refractivity contribution in [2.75, 3.05) is 22.1 Å². The van der Waals surface area contributed by atoms with Crippen LogP contribution < -0.4 is 15.5 Å². The summed E-state index contributed by atoms with van der Waals surface area (Å²) in [7, 11) is -2.99. The smallest absolute Gasteiger partial charge is 0.264 e. The van der Waals surface area contributed by atoms with Crippen LogP contribution in [0.25, 0.3) is 21.8 Å². The van der Waals surface area contributed by atoms with Crippen LogP contribution >= 0.6 is 0 Å². The lowest BCUT2D eigenvalue weighted by Gasteiger charge is -2.32. The summed E-state index contributed by atoms with van der Waals surface area (Å²) in [6.45, 7) is 6.34. The van der Waals surface area contributed by atoms with Gasteiger partial charge in [-0.15, -0.1) is 5.10 Å². The van der Waals surface area contributed by atoms with E-state index in [1.807, 2.05) is 117 Å². The maximum Gasteiger partial charge on any atom is 0.264 e. The van der Waals surface area contributed by atoms with Crippen LogP contribution in [0.3, 0.4) is 0 Å². The van der Waals surface area contributed by atoms with Gasteiger partial charge in [-0.1, -0.05) is 60.7 Å². The third-order valence-electron chi connectivity index (χ3n) is 12.5. The molecule has 2 aliphatic heterocycles. The first-order chi connectivity index (χ1) is 29.9. The summed E-state index contributed by atoms with van der Waals surface area (Å²) < 4.78 is 8.81. The van der Waals surface area contributed by atoms with Crippen LogP contribution in [0.5, 0.6) is 0 Å². The van der Waals surface area contributed by atoms with Crippen molar-refractivity contribution in [3.63, 3.8) is 0 Å². The number of aliphatic hydroxyl groups excluding tert-OH is 1. The molecule has 9 rings (SSSR count). The van der Waals surface area contributed by atoms with E-state index in [4.69, 9.17) is 4.74 Å². The van der Waals surface area contributed by atoms with Crippen molar-refractivity contribution in [2.45, 2.75) is 76.0 Å². The van der Waals surface area contributed by atoms with Gasteiger partial charge >= 0.3 is 0 Å². The molecule has 6 N–H and O–H groups in total. The summed E-state index contributed by atoms with van der Waals surface area (Å²) in [6.07, 6.45) is 6.19. The van der Waals surface area contributed by atoms with E-state index in [9.17, 15) is 19.5 Å². The average molecular weight is 851 g/mol. The molecule has 62 heavy (non-hydrogen) atoms. The Morgan fingerprint density at radius 2 is 1.52 bits per heavy atom. The van der Waals surface area contributed by atoms with E-state index in [2.05, 4.69) is 30.9 Å². The van der Waals surface area contributed by atoms with E-state index in [1.165, 1.54) is 0 Å². The van der Waals surface area contributed by atoms with Gasteiger partial charge in [0.2, 0.25) is 11.8 Å². The Morgan fingerprint density at radius 1 is 0.871 bits per heavy atom. The predicted molar refractivity (Wildman–Crippen MR) is 240 cm³/mol. The number of H-pyrrole nitrogens is 2. The average Bonchev–Trinajstić information content (AvgIpc) is 4.07. The maximum atomic E-state index is 15.3. The minimum atomic E-state index is -2.99. The summed E-state index contributed by atoms with van der Waals surface area (Å²) in [4.78, 5) is 62.3. The highest BCUT2D eigenvalue weighted by Gasteiger charge is 2.66. The SMILES string of the molecule is C[C@@H]1[C@@H]([Si](C)(C)O)[C@H](CCn2cc(CCO)nn2)O[C@@]12C(=O)N(Cc1cccc(NC(=O)Cc3c[nH]c4ccccc34)c1)c1ccc(NC(=O)Cc3c[nH]c4ccccc34)cc12. The molecule has 4 aromatic carbocycles. The first kappa shape index (κ1) is 41.0. The van der Waals surface area contributed by atoms with E-state index < -0.39 is 25.9 Å². The van der Waals surface area contributed by atoms with Crippen molar-refractivity contribution in [3.05, 3.63) is 138 Å². The van der Waals surface area contributed by atoms with Crippen LogP contribution in [0.15, 0.2) is 110 Å². The number of nitrogens with one attached hydrogen (secondary N) is 4. The highest BCUT2D eigenvalue weighted by Crippen LogP contribution is 2.60. The predicted octanol–water partition coefficient (Wildman–Crippen LogP) is 6.57. The second-order valence-electron chi connectivity index (χ2n) is 17.1. The van der Waals surface area contributed by atoms with E-state index in [0.717, 1.165) is 38.5 Å². The van der Waals surface area contributed by atoms with Gasteiger partial charge in [0.25, 0.3) is 5.91 Å². The lowest BCUT2D eigenvalue weighted by Crippen LogP contribution is -2.46. The van der Waals surface area contributed by atoms with E-state index in [-0.39, 0.29) is 49.3 Å². The molecule has 1 saturated heterocycles. The minimum Gasteiger partial charge on any atom is -0.432 e. The lowest BCUT2D eigenvalue weighted by atomic mass is 9.82. The van der Waals surface area contributed by atoms with Gasteiger partial charge in [-0.05, 0) is 78.7 Å². The van der Waals surface area contributed by atoms with Crippen molar-refractivity contribution in [1.82, 2.24) is 25.0 Å². The van der Waals surface area contributed by atoms with Crippen molar-refractivity contribution >= 4 is 64.9 Å². The molecule has 0 aliphatic carbocycles. The van der Waals surface area contributed by atoms with E-state index >= 15 is 4.79 Å². The van der Waals surface area contributed by atoms with Gasteiger partial charge in [0, 0.05) is 88.4 Å². The number of amides is 3. The number of anilines is 3. The number of fused-ring (bicyclic) bond motifs is 4. The van der Waals surface area contributed by atoms with Gasteiger partial charge in [0.1, 0.15) is 0 Å². The molecule has 3 aromatic heterocycles. The number of benzene rings is 4. The zero-order valence-corrected chi connectivity index (χ0v) is 35.9. The molecule has 5 heterocycles. The topological polar surface area (TPSA) is 190 Å². The summed E-state index contributed by atoms with van der Waals surface area (Å²) in [5.41, 5.74) is 5.76. The molecule has 4 atom stereocenters. The van der Waals surface area contributed by atoms with Crippen molar-refractivity contribution in [3.8, 4) is 0 Å². The largest absolute Gasteiger partial charge is 0.432 e. The van der Waals surface area contributed by atoms with Gasteiger partial charge in [0.15, 0.2) is 13.9 Å². The standard InChI is InChI=1S/C47H50N8O6Si/c1-29-45(62(2,3)60)42(17-19-54-28-35(18-20-56)52-53-54)61-47(29)38-24-34(51-44(58)23-32-26-49-40-14-7-5-12-37(32)40)15-16-41(38)55(46(47)59)27-30-9-8-10-33(21-30)50-43(57)22-31-25-48-39-13-6-4-11-36(31)39/h4-16,21,24-26,28-29,42,45,48-49,56,60H,17-20,22-23,27H2,1-3H3,(H,50,57)(H,51,58)/t29-,42+,45-,47+/m1/s1. The summed E-state index contributed by atoms with van der Waals surface area (Å²) in [6, 6.07) is 28.7. The number of hydrogen-bond acceptors (Lipinski definition) is 8. The number of para-hydroxylation sites is 2. The Morgan fingerprint density at radius 3 is 2.16 bits per heavy atom. The highest BCUT2D eigenvalue weighted by atomic mass is 28.4. The van der Waals surface area contributed by atoms with Crippen molar-refractivity contribution in [1.29, 1.82) is 0 Å². The van der Waals surface area contributed by atoms with Crippen LogP contribution in [0.1, 0.15) is 41.3 Å². The Hall–Kier alpha value is -6.39. The number of rotatable bonds is 14. The van der Waals surface area contributed by atoms with Crippen molar-refractivity contribution < 1.29 is 29.0 Å². The molecule has 15 heteroatoms. The molecule has 1 spiro atoms. The number of aryl methyl sites for hydroxylation is 1. The monoisotopic (exact) mass is 850 g/mol. The molecule has 0 bridgehead atoms. The Balaban J connectivity index is 1.01. The number of aromatic amines is 2. The van der Waals surface area contributed by atoms with E-state index in [0.29, 0.717) is 47.7 Å². The van der Waals surface area contributed by atoms with Gasteiger partial charge in [0.05, 0.1) is 36.9 Å². The Kier molecular flexibility index (Phi) is 10.9. The molecule has 7 aromatic rings. The molecule has 0 saturated carbocycles. The molecule has 14 nitrogen and oxygen atoms in total. The number of ether oxygens (including phenoxy) is 1. The van der Waals surface area contributed by atoms with Crippen LogP contribution in [0.2, 0.25) is 18.6 Å². The summed E-state index contributed by atoms with van der Waals surface area (Å²) in [5, 5.41) is 25.9. The van der Waals surface area contributed by atoms with Crippen LogP contribution in [0, 0.1) is 5.92 Å². The van der Waals surface area contributed by atoms with Gasteiger partial charge in [-0.25, -0.2) is 0 Å². The third kappa shape index (κ3) is 7.72. The second-order valence-corrected chi connectivity index (χ2v) is 21.1. The number of nitrogens with zero attached hydrogens (tertiary/aromatic N) is 4. The molecule has 2 aliphatic rings. The molecule has 1 fully saturated rings. The third-order valence-corrected chi connectivity index (χ3v) is 15.0. The Labute approximate surface area is 359 Å². The molecule has 0 radical (unpaired) electrons. The fourth-order valence-corrected chi connectivity index (χ4v) is 12.4. The fourth-order valence-electron chi connectivity index (χ4n) is 9.76. The number of hydrogen-bond donors (Lipinski definition) is 6. The molecule has 3 amide bonds. The van der Waals surface area contributed by atoms with Crippen molar-refractivity contribution in [2.24, 2.45) is 5.92 Å². The summed E-state index contributed by atoms with van der Waals surface area (Å²) >= 11 is 0. The zero-order chi connectivity index (χ0) is 43.2. The van der Waals surface area contributed by atoms with Crippen LogP contribution in [-0.4, -0.2) is 73.6 Å². The second kappa shape index (κ2) is 16.5. The molecular weight excluding hydrogens is 801 g/mol. The van der Waals surface area contributed by atoms with Gasteiger partial charge < -0.3 is 40.1 Å². The normalized spacial score (nSPS) is 19.8. The molecular formula is C47H50N8O6Si. The lowest BCUT2D eigenvalue weighted by molar-refractivity contribution is -0.146. The van der Waals surface area contributed by atoms with Crippen LogP contribution in [0.4, 0.5) is 17.1 Å². The minimum absolute atomic E-state index is 0.0366. The van der Waals surface area contributed by atoms with Gasteiger partial charge in [-0.3, -0.25) is 19.1 Å². The first-order valence-corrected chi connectivity index (χ1v) is 24.1. The van der Waals surface area contributed by atoms with Crippen LogP contribution in [-0.2, 0) is 57.1 Å².